The molecule has 1 aromatic carbocycles. The third-order valence-corrected chi connectivity index (χ3v) is 3.83. The molecule has 0 unspecified atom stereocenters. The summed E-state index contributed by atoms with van der Waals surface area (Å²) in [6, 6.07) is 8.99. The number of aryl methyl sites for hydroxylation is 2. The average Bonchev–Trinajstić information content (AvgIpc) is 2.91. The van der Waals surface area contributed by atoms with Crippen molar-refractivity contribution in [2.24, 2.45) is 7.05 Å². The van der Waals surface area contributed by atoms with Crippen LogP contribution in [0.4, 0.5) is 11.5 Å². The number of likely N-dealkylation sites (N-methyl/N-ethyl adjacent to an activating group) is 1. The van der Waals surface area contributed by atoms with Crippen LogP contribution in [0.3, 0.4) is 0 Å². The number of para-hydroxylation sites is 2. The van der Waals surface area contributed by atoms with Crippen molar-refractivity contribution in [2.75, 3.05) is 37.4 Å². The van der Waals surface area contributed by atoms with Crippen molar-refractivity contribution in [3.63, 3.8) is 0 Å². The van der Waals surface area contributed by atoms with Gasteiger partial charge < -0.3 is 15.4 Å². The molecular formula is C18H25N5O3. The van der Waals surface area contributed by atoms with E-state index in [0.717, 1.165) is 5.69 Å². The van der Waals surface area contributed by atoms with Gasteiger partial charge in [0.2, 0.25) is 11.8 Å². The standard InChI is InChI=1S/C18H25N5O3/c1-5-23(12-18(25)20-16-10-13(2)21-22(16)3)11-17(24)19-14-8-6-7-9-15(14)26-4/h6-10H,5,11-12H2,1-4H3,(H,19,24)(H,20,25). The van der Waals surface area contributed by atoms with Crippen LogP contribution in [0.1, 0.15) is 12.6 Å². The van der Waals surface area contributed by atoms with Gasteiger partial charge in [0, 0.05) is 13.1 Å². The number of anilines is 2. The smallest absolute Gasteiger partial charge is 0.239 e. The molecule has 0 bridgehead atoms. The van der Waals surface area contributed by atoms with Gasteiger partial charge in [0.25, 0.3) is 0 Å². The first-order valence-electron chi connectivity index (χ1n) is 8.38. The Hall–Kier alpha value is -2.87. The van der Waals surface area contributed by atoms with Crippen LogP contribution in [-0.4, -0.2) is 53.2 Å². The second-order valence-electron chi connectivity index (χ2n) is 5.89. The lowest BCUT2D eigenvalue weighted by atomic mass is 10.3. The second kappa shape index (κ2) is 9.00. The first kappa shape index (κ1) is 19.5. The number of carbonyl (C=O) groups is 2. The van der Waals surface area contributed by atoms with E-state index in [1.807, 2.05) is 26.0 Å². The molecule has 0 atom stereocenters. The fraction of sp³-hybridized carbons (Fsp3) is 0.389. The first-order valence-corrected chi connectivity index (χ1v) is 8.38. The summed E-state index contributed by atoms with van der Waals surface area (Å²) in [4.78, 5) is 26.3. The zero-order valence-electron chi connectivity index (χ0n) is 15.6. The highest BCUT2D eigenvalue weighted by Crippen LogP contribution is 2.22. The van der Waals surface area contributed by atoms with Crippen LogP contribution in [0.25, 0.3) is 0 Å². The zero-order chi connectivity index (χ0) is 19.1. The Morgan fingerprint density at radius 2 is 1.85 bits per heavy atom. The molecule has 0 saturated heterocycles. The van der Waals surface area contributed by atoms with Crippen molar-refractivity contribution in [1.29, 1.82) is 0 Å². The highest BCUT2D eigenvalue weighted by molar-refractivity contribution is 5.95. The Morgan fingerprint density at radius 3 is 2.42 bits per heavy atom. The number of nitrogens with one attached hydrogen (secondary N) is 2. The molecule has 2 rings (SSSR count). The van der Waals surface area contributed by atoms with Gasteiger partial charge in [-0.15, -0.1) is 0 Å². The predicted octanol–water partition coefficient (Wildman–Crippen LogP) is 1.64. The van der Waals surface area contributed by atoms with Crippen LogP contribution < -0.4 is 15.4 Å². The van der Waals surface area contributed by atoms with Crippen molar-refractivity contribution in [3.8, 4) is 5.75 Å². The Labute approximate surface area is 153 Å². The molecule has 8 heteroatoms. The molecule has 140 valence electrons. The van der Waals surface area contributed by atoms with Gasteiger partial charge in [0.05, 0.1) is 31.6 Å². The number of hydrogen-bond donors (Lipinski definition) is 2. The molecular weight excluding hydrogens is 334 g/mol. The SMILES string of the molecule is CCN(CC(=O)Nc1ccccc1OC)CC(=O)Nc1cc(C)nn1C. The van der Waals surface area contributed by atoms with Gasteiger partial charge in [-0.05, 0) is 25.6 Å². The predicted molar refractivity (Wildman–Crippen MR) is 100 cm³/mol. The normalized spacial score (nSPS) is 10.7. The summed E-state index contributed by atoms with van der Waals surface area (Å²) in [7, 11) is 3.31. The number of amides is 2. The number of hydrogen-bond acceptors (Lipinski definition) is 5. The summed E-state index contributed by atoms with van der Waals surface area (Å²) in [5, 5.41) is 9.80. The van der Waals surface area contributed by atoms with Crippen molar-refractivity contribution in [2.45, 2.75) is 13.8 Å². The topological polar surface area (TPSA) is 88.5 Å². The highest BCUT2D eigenvalue weighted by atomic mass is 16.5. The summed E-state index contributed by atoms with van der Waals surface area (Å²) in [5.74, 6) is 0.815. The first-order chi connectivity index (χ1) is 12.4. The van der Waals surface area contributed by atoms with E-state index in [1.165, 1.54) is 0 Å². The lowest BCUT2D eigenvalue weighted by Crippen LogP contribution is -2.38. The minimum atomic E-state index is -0.208. The van der Waals surface area contributed by atoms with E-state index in [1.54, 1.807) is 41.9 Å². The van der Waals surface area contributed by atoms with Crippen molar-refractivity contribution in [3.05, 3.63) is 36.0 Å². The molecule has 8 nitrogen and oxygen atoms in total. The maximum Gasteiger partial charge on any atom is 0.239 e. The molecule has 1 aromatic heterocycles. The third-order valence-electron chi connectivity index (χ3n) is 3.83. The number of benzene rings is 1. The molecule has 2 N–H and O–H groups in total. The van der Waals surface area contributed by atoms with Crippen LogP contribution in [0.15, 0.2) is 30.3 Å². The van der Waals surface area contributed by atoms with E-state index in [-0.39, 0.29) is 24.9 Å². The van der Waals surface area contributed by atoms with E-state index < -0.39 is 0 Å². The zero-order valence-corrected chi connectivity index (χ0v) is 15.6. The van der Waals surface area contributed by atoms with Crippen LogP contribution in [0, 0.1) is 6.92 Å². The van der Waals surface area contributed by atoms with Crippen LogP contribution in [0.5, 0.6) is 5.75 Å². The van der Waals surface area contributed by atoms with Crippen molar-refractivity contribution in [1.82, 2.24) is 14.7 Å². The number of methoxy groups -OCH3 is 1. The summed E-state index contributed by atoms with van der Waals surface area (Å²) < 4.78 is 6.83. The molecule has 0 aliphatic carbocycles. The summed E-state index contributed by atoms with van der Waals surface area (Å²) in [5.41, 5.74) is 1.43. The molecule has 2 amide bonds. The monoisotopic (exact) mass is 359 g/mol. The molecule has 0 spiro atoms. The molecule has 2 aromatic rings. The number of carbonyl (C=O) groups excluding carboxylic acids is 2. The summed E-state index contributed by atoms with van der Waals surface area (Å²) in [6.07, 6.45) is 0. The number of rotatable bonds is 8. The maximum absolute atomic E-state index is 12.3. The van der Waals surface area contributed by atoms with Gasteiger partial charge in [0.1, 0.15) is 11.6 Å². The van der Waals surface area contributed by atoms with Crippen molar-refractivity contribution >= 4 is 23.3 Å². The highest BCUT2D eigenvalue weighted by Gasteiger charge is 2.15. The molecule has 0 aliphatic heterocycles. The molecule has 0 aliphatic rings. The van der Waals surface area contributed by atoms with Crippen LogP contribution in [-0.2, 0) is 16.6 Å². The van der Waals surface area contributed by atoms with Gasteiger partial charge in [-0.25, -0.2) is 0 Å². The fourth-order valence-electron chi connectivity index (χ4n) is 2.53. The summed E-state index contributed by atoms with van der Waals surface area (Å²) >= 11 is 0. The maximum atomic E-state index is 12.3. The van der Waals surface area contributed by atoms with E-state index in [2.05, 4.69) is 15.7 Å². The Kier molecular flexibility index (Phi) is 6.74. The molecule has 1 heterocycles. The Balaban J connectivity index is 1.90. The average molecular weight is 359 g/mol. The molecule has 0 radical (unpaired) electrons. The van der Waals surface area contributed by atoms with E-state index in [0.29, 0.717) is 23.8 Å². The molecule has 26 heavy (non-hydrogen) atoms. The van der Waals surface area contributed by atoms with Crippen LogP contribution >= 0.6 is 0 Å². The number of ether oxygens (including phenoxy) is 1. The molecule has 0 fully saturated rings. The lowest BCUT2D eigenvalue weighted by Gasteiger charge is -2.19. The van der Waals surface area contributed by atoms with Gasteiger partial charge in [0.15, 0.2) is 0 Å². The van der Waals surface area contributed by atoms with Gasteiger partial charge in [-0.2, -0.15) is 5.10 Å². The van der Waals surface area contributed by atoms with Crippen LogP contribution in [0.2, 0.25) is 0 Å². The number of aromatic nitrogens is 2. The van der Waals surface area contributed by atoms with Gasteiger partial charge in [-0.3, -0.25) is 19.2 Å². The number of nitrogens with zero attached hydrogens (tertiary/aromatic N) is 3. The van der Waals surface area contributed by atoms with E-state index in [9.17, 15) is 9.59 Å². The van der Waals surface area contributed by atoms with E-state index in [4.69, 9.17) is 4.74 Å². The van der Waals surface area contributed by atoms with E-state index >= 15 is 0 Å². The Bertz CT molecular complexity index is 772. The Morgan fingerprint density at radius 1 is 1.19 bits per heavy atom. The minimum absolute atomic E-state index is 0.104. The van der Waals surface area contributed by atoms with Crippen molar-refractivity contribution < 1.29 is 14.3 Å². The quantitative estimate of drug-likeness (QED) is 0.748. The fourth-order valence-corrected chi connectivity index (χ4v) is 2.53. The summed E-state index contributed by atoms with van der Waals surface area (Å²) in [6.45, 7) is 4.54. The lowest BCUT2D eigenvalue weighted by molar-refractivity contribution is -0.119. The third kappa shape index (κ3) is 5.32. The van der Waals surface area contributed by atoms with Gasteiger partial charge in [-0.1, -0.05) is 19.1 Å². The van der Waals surface area contributed by atoms with Gasteiger partial charge >= 0.3 is 0 Å². The largest absolute Gasteiger partial charge is 0.495 e. The minimum Gasteiger partial charge on any atom is -0.495 e. The molecule has 0 saturated carbocycles. The second-order valence-corrected chi connectivity index (χ2v) is 5.89.